The van der Waals surface area contributed by atoms with E-state index in [1.165, 1.54) is 16.7 Å². The van der Waals surface area contributed by atoms with Crippen molar-refractivity contribution in [3.63, 3.8) is 0 Å². The molecule has 0 aromatic heterocycles. The van der Waals surface area contributed by atoms with Gasteiger partial charge in [0.15, 0.2) is 0 Å². The molecule has 1 aromatic rings. The van der Waals surface area contributed by atoms with Crippen LogP contribution in [0.25, 0.3) is 0 Å². The van der Waals surface area contributed by atoms with Crippen molar-refractivity contribution in [3.05, 3.63) is 34.9 Å². The van der Waals surface area contributed by atoms with Crippen LogP contribution in [-0.4, -0.2) is 18.3 Å². The number of fused-ring (bicyclic) bond motifs is 1. The van der Waals surface area contributed by atoms with Crippen molar-refractivity contribution in [2.45, 2.75) is 19.4 Å². The minimum Gasteiger partial charge on any atom is -0.394 e. The van der Waals surface area contributed by atoms with Gasteiger partial charge in [-0.05, 0) is 36.6 Å². The van der Waals surface area contributed by atoms with Gasteiger partial charge < -0.3 is 10.4 Å². The summed E-state index contributed by atoms with van der Waals surface area (Å²) in [5.41, 5.74) is 4.03. The standard InChI is InChI=1S/C11H15NO/c1-8-3-2-4-10-9(8)5-6-12-11(10)7-13/h2-4,11-13H,5-7H2,1H3/t11-/m1/s1. The Balaban J connectivity index is 2.45. The van der Waals surface area contributed by atoms with Crippen molar-refractivity contribution in [3.8, 4) is 0 Å². The minimum atomic E-state index is 0.142. The Kier molecular flexibility index (Phi) is 2.34. The lowest BCUT2D eigenvalue weighted by Crippen LogP contribution is -2.32. The molecule has 2 rings (SSSR count). The zero-order chi connectivity index (χ0) is 9.26. The van der Waals surface area contributed by atoms with Gasteiger partial charge in [0.05, 0.1) is 12.6 Å². The summed E-state index contributed by atoms with van der Waals surface area (Å²) in [5, 5.41) is 12.5. The van der Waals surface area contributed by atoms with Gasteiger partial charge in [0.1, 0.15) is 0 Å². The minimum absolute atomic E-state index is 0.142. The van der Waals surface area contributed by atoms with Crippen LogP contribution in [0.15, 0.2) is 18.2 Å². The van der Waals surface area contributed by atoms with Crippen LogP contribution in [0.4, 0.5) is 0 Å². The Bertz CT molecular complexity index is 309. The van der Waals surface area contributed by atoms with Gasteiger partial charge in [-0.25, -0.2) is 0 Å². The number of aliphatic hydroxyl groups is 1. The Hall–Kier alpha value is -0.860. The molecule has 1 heterocycles. The molecule has 1 aliphatic heterocycles. The van der Waals surface area contributed by atoms with Crippen LogP contribution >= 0.6 is 0 Å². The van der Waals surface area contributed by atoms with Crippen molar-refractivity contribution in [1.29, 1.82) is 0 Å². The van der Waals surface area contributed by atoms with E-state index in [2.05, 4.69) is 30.4 Å². The molecular formula is C11H15NO. The van der Waals surface area contributed by atoms with E-state index in [1.54, 1.807) is 0 Å². The van der Waals surface area contributed by atoms with Crippen LogP contribution in [0, 0.1) is 6.92 Å². The quantitative estimate of drug-likeness (QED) is 0.675. The topological polar surface area (TPSA) is 32.3 Å². The van der Waals surface area contributed by atoms with Crippen molar-refractivity contribution >= 4 is 0 Å². The Morgan fingerprint density at radius 2 is 2.38 bits per heavy atom. The SMILES string of the molecule is Cc1cccc2c1CCN[C@@H]2CO. The molecule has 1 aromatic carbocycles. The molecule has 0 radical (unpaired) electrons. The van der Waals surface area contributed by atoms with Crippen LogP contribution in [0.3, 0.4) is 0 Å². The van der Waals surface area contributed by atoms with Crippen LogP contribution in [0.5, 0.6) is 0 Å². The fourth-order valence-corrected chi connectivity index (χ4v) is 2.04. The number of aliphatic hydroxyl groups excluding tert-OH is 1. The number of nitrogens with one attached hydrogen (secondary N) is 1. The monoisotopic (exact) mass is 177 g/mol. The van der Waals surface area contributed by atoms with E-state index < -0.39 is 0 Å². The summed E-state index contributed by atoms with van der Waals surface area (Å²) < 4.78 is 0. The average Bonchev–Trinajstić information content (AvgIpc) is 2.18. The first-order valence-corrected chi connectivity index (χ1v) is 4.75. The molecule has 0 spiro atoms. The maximum atomic E-state index is 9.17. The van der Waals surface area contributed by atoms with E-state index in [0.29, 0.717) is 0 Å². The molecule has 70 valence electrons. The van der Waals surface area contributed by atoms with Gasteiger partial charge in [-0.15, -0.1) is 0 Å². The first kappa shape index (κ1) is 8.73. The molecule has 0 aliphatic carbocycles. The predicted octanol–water partition coefficient (Wildman–Crippen LogP) is 1.17. The lowest BCUT2D eigenvalue weighted by atomic mass is 9.91. The summed E-state index contributed by atoms with van der Waals surface area (Å²) in [7, 11) is 0. The molecule has 0 fully saturated rings. The summed E-state index contributed by atoms with van der Waals surface area (Å²) in [6, 6.07) is 6.45. The predicted molar refractivity (Wildman–Crippen MR) is 52.7 cm³/mol. The van der Waals surface area contributed by atoms with Crippen LogP contribution < -0.4 is 5.32 Å². The van der Waals surface area contributed by atoms with Crippen LogP contribution in [-0.2, 0) is 6.42 Å². The third-order valence-corrected chi connectivity index (χ3v) is 2.77. The zero-order valence-corrected chi connectivity index (χ0v) is 7.88. The van der Waals surface area contributed by atoms with E-state index >= 15 is 0 Å². The highest BCUT2D eigenvalue weighted by atomic mass is 16.3. The van der Waals surface area contributed by atoms with E-state index in [9.17, 15) is 0 Å². The van der Waals surface area contributed by atoms with Crippen molar-refractivity contribution in [1.82, 2.24) is 5.32 Å². The van der Waals surface area contributed by atoms with E-state index in [1.807, 2.05) is 0 Å². The van der Waals surface area contributed by atoms with Crippen LogP contribution in [0.1, 0.15) is 22.7 Å². The molecule has 0 saturated carbocycles. The summed E-state index contributed by atoms with van der Waals surface area (Å²) in [4.78, 5) is 0. The van der Waals surface area contributed by atoms with Gasteiger partial charge in [0, 0.05) is 0 Å². The van der Waals surface area contributed by atoms with Gasteiger partial charge in [0.25, 0.3) is 0 Å². The lowest BCUT2D eigenvalue weighted by molar-refractivity contribution is 0.240. The van der Waals surface area contributed by atoms with Crippen molar-refractivity contribution < 1.29 is 5.11 Å². The molecule has 1 atom stereocenters. The van der Waals surface area contributed by atoms with E-state index in [-0.39, 0.29) is 12.6 Å². The molecule has 13 heavy (non-hydrogen) atoms. The van der Waals surface area contributed by atoms with Crippen molar-refractivity contribution in [2.75, 3.05) is 13.2 Å². The number of hydrogen-bond donors (Lipinski definition) is 2. The van der Waals surface area contributed by atoms with Gasteiger partial charge >= 0.3 is 0 Å². The third-order valence-electron chi connectivity index (χ3n) is 2.77. The Morgan fingerprint density at radius 3 is 3.15 bits per heavy atom. The molecule has 0 unspecified atom stereocenters. The van der Waals surface area contributed by atoms with Crippen LogP contribution in [0.2, 0.25) is 0 Å². The van der Waals surface area contributed by atoms with Gasteiger partial charge in [-0.3, -0.25) is 0 Å². The first-order chi connectivity index (χ1) is 6.33. The number of hydrogen-bond acceptors (Lipinski definition) is 2. The number of rotatable bonds is 1. The molecular weight excluding hydrogens is 162 g/mol. The number of benzene rings is 1. The summed E-state index contributed by atoms with van der Waals surface area (Å²) in [5.74, 6) is 0. The smallest absolute Gasteiger partial charge is 0.0626 e. The molecule has 0 amide bonds. The lowest BCUT2D eigenvalue weighted by Gasteiger charge is -2.26. The summed E-state index contributed by atoms with van der Waals surface area (Å²) in [6.45, 7) is 3.30. The maximum absolute atomic E-state index is 9.17. The second-order valence-corrected chi connectivity index (χ2v) is 3.58. The molecule has 0 bridgehead atoms. The second kappa shape index (κ2) is 3.48. The van der Waals surface area contributed by atoms with E-state index in [0.717, 1.165) is 13.0 Å². The fraction of sp³-hybridized carbons (Fsp3) is 0.455. The Morgan fingerprint density at radius 1 is 1.54 bits per heavy atom. The second-order valence-electron chi connectivity index (χ2n) is 3.58. The largest absolute Gasteiger partial charge is 0.394 e. The molecule has 2 N–H and O–H groups in total. The first-order valence-electron chi connectivity index (χ1n) is 4.75. The van der Waals surface area contributed by atoms with Gasteiger partial charge in [-0.2, -0.15) is 0 Å². The molecule has 0 saturated heterocycles. The molecule has 1 aliphatic rings. The Labute approximate surface area is 78.6 Å². The molecule has 2 heteroatoms. The maximum Gasteiger partial charge on any atom is 0.0626 e. The summed E-state index contributed by atoms with van der Waals surface area (Å²) in [6.07, 6.45) is 1.08. The highest BCUT2D eigenvalue weighted by molar-refractivity contribution is 5.38. The molecule has 2 nitrogen and oxygen atoms in total. The van der Waals surface area contributed by atoms with E-state index in [4.69, 9.17) is 5.11 Å². The van der Waals surface area contributed by atoms with Gasteiger partial charge in [0.2, 0.25) is 0 Å². The highest BCUT2D eigenvalue weighted by Crippen LogP contribution is 2.24. The highest BCUT2D eigenvalue weighted by Gasteiger charge is 2.19. The fourth-order valence-electron chi connectivity index (χ4n) is 2.04. The average molecular weight is 177 g/mol. The summed E-state index contributed by atoms with van der Waals surface area (Å²) >= 11 is 0. The van der Waals surface area contributed by atoms with Gasteiger partial charge in [-0.1, -0.05) is 18.2 Å². The normalized spacial score (nSPS) is 21.2. The zero-order valence-electron chi connectivity index (χ0n) is 7.88. The number of aryl methyl sites for hydroxylation is 1. The van der Waals surface area contributed by atoms with Crippen molar-refractivity contribution in [2.24, 2.45) is 0 Å². The third kappa shape index (κ3) is 1.47.